The van der Waals surface area contributed by atoms with Crippen LogP contribution in [0.25, 0.3) is 5.69 Å². The number of benzene rings is 1. The molecule has 1 aromatic carbocycles. The molecule has 0 fully saturated rings. The molecule has 1 aromatic heterocycles. The number of nitrogens with zero attached hydrogens (tertiary/aromatic N) is 2. The molecule has 0 spiro atoms. The average molecular weight is 448 g/mol. The average Bonchev–Trinajstić information content (AvgIpc) is 2.52. The van der Waals surface area contributed by atoms with Crippen LogP contribution in [0.5, 0.6) is 0 Å². The fourth-order valence-corrected chi connectivity index (χ4v) is 4.62. The van der Waals surface area contributed by atoms with Gasteiger partial charge in [-0.25, -0.2) is 0 Å². The van der Waals surface area contributed by atoms with Crippen LogP contribution in [0.15, 0.2) is 25.6 Å². The third kappa shape index (κ3) is 2.35. The third-order valence-electron chi connectivity index (χ3n) is 3.07. The van der Waals surface area contributed by atoms with Crippen LogP contribution >= 0.6 is 47.8 Å². The highest BCUT2D eigenvalue weighted by molar-refractivity contribution is 9.11. The SMILES string of the molecule is Cc1c(C#N)c(N)n(-c2c(Br)cc(Br)cc2Br)c1C. The van der Waals surface area contributed by atoms with Gasteiger partial charge in [-0.05, 0) is 63.4 Å². The molecule has 2 N–H and O–H groups in total. The minimum absolute atomic E-state index is 0.459. The lowest BCUT2D eigenvalue weighted by molar-refractivity contribution is 1.00. The Balaban J connectivity index is 2.85. The van der Waals surface area contributed by atoms with E-state index < -0.39 is 0 Å². The molecule has 2 rings (SSSR count). The number of hydrogen-bond acceptors (Lipinski definition) is 2. The third-order valence-corrected chi connectivity index (χ3v) is 4.73. The molecule has 0 saturated carbocycles. The van der Waals surface area contributed by atoms with E-state index in [0.29, 0.717) is 11.4 Å². The molecular weight excluding hydrogens is 438 g/mol. The topological polar surface area (TPSA) is 54.7 Å². The molecule has 2 aromatic rings. The Morgan fingerprint density at radius 2 is 1.68 bits per heavy atom. The van der Waals surface area contributed by atoms with Gasteiger partial charge in [-0.3, -0.25) is 4.57 Å². The van der Waals surface area contributed by atoms with E-state index in [4.69, 9.17) is 5.73 Å². The van der Waals surface area contributed by atoms with Crippen molar-refractivity contribution >= 4 is 53.6 Å². The molecular formula is C13H10Br3N3. The van der Waals surface area contributed by atoms with Crippen molar-refractivity contribution in [1.82, 2.24) is 4.57 Å². The smallest absolute Gasteiger partial charge is 0.126 e. The molecule has 0 aliphatic carbocycles. The molecule has 0 radical (unpaired) electrons. The summed E-state index contributed by atoms with van der Waals surface area (Å²) in [6.45, 7) is 3.86. The van der Waals surface area contributed by atoms with Crippen LogP contribution in [0.3, 0.4) is 0 Å². The second-order valence-corrected chi connectivity index (χ2v) is 6.76. The van der Waals surface area contributed by atoms with Crippen molar-refractivity contribution in [3.63, 3.8) is 0 Å². The summed E-state index contributed by atoms with van der Waals surface area (Å²) in [5.41, 5.74) is 9.39. The minimum atomic E-state index is 0.459. The predicted octanol–water partition coefficient (Wildman–Crippen LogP) is 4.84. The molecule has 1 heterocycles. The number of nitriles is 1. The van der Waals surface area contributed by atoms with E-state index in [1.54, 1.807) is 0 Å². The van der Waals surface area contributed by atoms with Crippen LogP contribution in [0, 0.1) is 25.2 Å². The van der Waals surface area contributed by atoms with Crippen molar-refractivity contribution in [3.8, 4) is 11.8 Å². The Morgan fingerprint density at radius 3 is 2.11 bits per heavy atom. The van der Waals surface area contributed by atoms with Crippen LogP contribution in [0.4, 0.5) is 5.82 Å². The zero-order chi connectivity index (χ0) is 14.3. The molecule has 0 saturated heterocycles. The predicted molar refractivity (Wildman–Crippen MR) is 87.5 cm³/mol. The number of anilines is 1. The minimum Gasteiger partial charge on any atom is -0.384 e. The molecule has 0 atom stereocenters. The number of hydrogen-bond donors (Lipinski definition) is 1. The van der Waals surface area contributed by atoms with E-state index in [1.165, 1.54) is 0 Å². The molecule has 0 amide bonds. The van der Waals surface area contributed by atoms with E-state index in [-0.39, 0.29) is 0 Å². The summed E-state index contributed by atoms with van der Waals surface area (Å²) in [5, 5.41) is 9.19. The number of aromatic nitrogens is 1. The van der Waals surface area contributed by atoms with E-state index in [9.17, 15) is 5.26 Å². The van der Waals surface area contributed by atoms with Gasteiger partial charge in [0.1, 0.15) is 11.9 Å². The Labute approximate surface area is 136 Å². The first-order valence-electron chi connectivity index (χ1n) is 5.40. The Hall–Kier alpha value is -0.770. The van der Waals surface area contributed by atoms with Crippen molar-refractivity contribution in [3.05, 3.63) is 42.4 Å². The zero-order valence-electron chi connectivity index (χ0n) is 10.3. The van der Waals surface area contributed by atoms with E-state index in [2.05, 4.69) is 53.9 Å². The van der Waals surface area contributed by atoms with Crippen molar-refractivity contribution in [2.24, 2.45) is 0 Å². The standard InChI is InChI=1S/C13H10Br3N3/c1-6-7(2)19(13(18)9(6)5-17)12-10(15)3-8(14)4-11(12)16/h3-4H,18H2,1-2H3. The van der Waals surface area contributed by atoms with E-state index >= 15 is 0 Å². The molecule has 0 aliphatic heterocycles. The first-order valence-corrected chi connectivity index (χ1v) is 7.78. The second kappa shape index (κ2) is 5.31. The normalized spacial score (nSPS) is 10.5. The van der Waals surface area contributed by atoms with Crippen molar-refractivity contribution in [2.45, 2.75) is 13.8 Å². The molecule has 6 heteroatoms. The summed E-state index contributed by atoms with van der Waals surface area (Å²) in [7, 11) is 0. The van der Waals surface area contributed by atoms with Gasteiger partial charge in [0.05, 0.1) is 11.3 Å². The maximum atomic E-state index is 9.19. The van der Waals surface area contributed by atoms with Gasteiger partial charge in [0, 0.05) is 19.1 Å². The van der Waals surface area contributed by atoms with Crippen molar-refractivity contribution in [1.29, 1.82) is 5.26 Å². The fourth-order valence-electron chi connectivity index (χ4n) is 2.01. The first kappa shape index (κ1) is 14.6. The molecule has 0 unspecified atom stereocenters. The maximum absolute atomic E-state index is 9.19. The summed E-state index contributed by atoms with van der Waals surface area (Å²) >= 11 is 10.5. The van der Waals surface area contributed by atoms with Gasteiger partial charge in [-0.1, -0.05) is 15.9 Å². The van der Waals surface area contributed by atoms with Gasteiger partial charge < -0.3 is 5.73 Å². The summed E-state index contributed by atoms with van der Waals surface area (Å²) in [6.07, 6.45) is 0. The molecule has 0 aliphatic rings. The van der Waals surface area contributed by atoms with E-state index in [1.807, 2.05) is 30.5 Å². The van der Waals surface area contributed by atoms with Crippen LogP contribution in [-0.2, 0) is 0 Å². The summed E-state index contributed by atoms with van der Waals surface area (Å²) in [4.78, 5) is 0. The van der Waals surface area contributed by atoms with Gasteiger partial charge in [-0.2, -0.15) is 5.26 Å². The number of nitrogens with two attached hydrogens (primary N) is 1. The number of halogens is 3. The molecule has 0 bridgehead atoms. The molecule has 19 heavy (non-hydrogen) atoms. The van der Waals surface area contributed by atoms with Gasteiger partial charge in [0.25, 0.3) is 0 Å². The monoisotopic (exact) mass is 445 g/mol. The summed E-state index contributed by atoms with van der Waals surface area (Å²) in [5.74, 6) is 0.459. The van der Waals surface area contributed by atoms with Crippen molar-refractivity contribution in [2.75, 3.05) is 5.73 Å². The van der Waals surface area contributed by atoms with Gasteiger partial charge in [-0.15, -0.1) is 0 Å². The summed E-state index contributed by atoms with van der Waals surface area (Å²) < 4.78 is 4.62. The molecule has 3 nitrogen and oxygen atoms in total. The van der Waals surface area contributed by atoms with Crippen LogP contribution in [0.2, 0.25) is 0 Å². The Morgan fingerprint density at radius 1 is 1.16 bits per heavy atom. The van der Waals surface area contributed by atoms with Gasteiger partial charge >= 0.3 is 0 Å². The maximum Gasteiger partial charge on any atom is 0.126 e. The molecule has 98 valence electrons. The van der Waals surface area contributed by atoms with E-state index in [0.717, 1.165) is 30.4 Å². The highest BCUT2D eigenvalue weighted by atomic mass is 79.9. The van der Waals surface area contributed by atoms with Crippen LogP contribution in [-0.4, -0.2) is 4.57 Å². The van der Waals surface area contributed by atoms with Crippen molar-refractivity contribution < 1.29 is 0 Å². The first-order chi connectivity index (χ1) is 8.88. The Kier molecular flexibility index (Phi) is 4.09. The lowest BCUT2D eigenvalue weighted by atomic mass is 10.2. The second-order valence-electron chi connectivity index (χ2n) is 4.14. The number of rotatable bonds is 1. The highest BCUT2D eigenvalue weighted by Gasteiger charge is 2.19. The van der Waals surface area contributed by atoms with Gasteiger partial charge in [0.15, 0.2) is 0 Å². The highest BCUT2D eigenvalue weighted by Crippen LogP contribution is 2.37. The number of nitrogen functional groups attached to an aromatic ring is 1. The fraction of sp³-hybridized carbons (Fsp3) is 0.154. The van der Waals surface area contributed by atoms with Crippen LogP contribution in [0.1, 0.15) is 16.8 Å². The quantitative estimate of drug-likeness (QED) is 0.680. The van der Waals surface area contributed by atoms with Crippen LogP contribution < -0.4 is 5.73 Å². The zero-order valence-corrected chi connectivity index (χ0v) is 15.0. The summed E-state index contributed by atoms with van der Waals surface area (Å²) in [6, 6.07) is 6.05. The lowest BCUT2D eigenvalue weighted by Crippen LogP contribution is -2.04. The largest absolute Gasteiger partial charge is 0.384 e. The Bertz CT molecular complexity index is 688. The lowest BCUT2D eigenvalue weighted by Gasteiger charge is -2.14. The van der Waals surface area contributed by atoms with Gasteiger partial charge in [0.2, 0.25) is 0 Å².